The Kier molecular flexibility index (Phi) is 9.19. The van der Waals surface area contributed by atoms with Crippen LogP contribution in [0.5, 0.6) is 0 Å². The van der Waals surface area contributed by atoms with E-state index >= 15 is 0 Å². The molecule has 0 amide bonds. The molecule has 2 heteroatoms. The minimum atomic E-state index is 0.273. The molecule has 1 aromatic rings. The van der Waals surface area contributed by atoms with E-state index in [4.69, 9.17) is 5.73 Å². The summed E-state index contributed by atoms with van der Waals surface area (Å²) in [7, 11) is 0. The van der Waals surface area contributed by atoms with Crippen LogP contribution in [0.2, 0.25) is 0 Å². The van der Waals surface area contributed by atoms with Crippen LogP contribution in [0.4, 0.5) is 0 Å². The zero-order valence-electron chi connectivity index (χ0n) is 12.8. The van der Waals surface area contributed by atoms with Gasteiger partial charge in [-0.25, -0.2) is 0 Å². The van der Waals surface area contributed by atoms with Crippen LogP contribution in [0.3, 0.4) is 0 Å². The van der Waals surface area contributed by atoms with E-state index < -0.39 is 0 Å². The second-order valence-corrected chi connectivity index (χ2v) is 6.48. The molecule has 0 aliphatic heterocycles. The second kappa shape index (κ2) is 10.4. The molecular weight excluding hydrogens is 250 g/mol. The van der Waals surface area contributed by atoms with Crippen LogP contribution >= 0.6 is 11.3 Å². The third kappa shape index (κ3) is 6.58. The van der Waals surface area contributed by atoms with Gasteiger partial charge in [-0.3, -0.25) is 0 Å². The monoisotopic (exact) mass is 281 g/mol. The Labute approximate surface area is 123 Å². The standard InChI is InChI=1S/C17H31NS/c1-3-5-6-7-8-9-10-11-12-16(18)17-15(4-2)13-14-19-17/h13-14,16H,3-12,18H2,1-2H3. The Balaban J connectivity index is 2.06. The van der Waals surface area contributed by atoms with Crippen LogP contribution in [-0.2, 0) is 6.42 Å². The molecule has 0 fully saturated rings. The fraction of sp³-hybridized carbons (Fsp3) is 0.765. The van der Waals surface area contributed by atoms with Crippen molar-refractivity contribution < 1.29 is 0 Å². The van der Waals surface area contributed by atoms with E-state index in [1.54, 1.807) is 0 Å². The number of aryl methyl sites for hydroxylation is 1. The molecule has 1 heterocycles. The number of unbranched alkanes of at least 4 members (excludes halogenated alkanes) is 7. The van der Waals surface area contributed by atoms with Crippen molar-refractivity contribution in [2.45, 2.75) is 84.1 Å². The van der Waals surface area contributed by atoms with Crippen molar-refractivity contribution in [2.24, 2.45) is 5.73 Å². The second-order valence-electron chi connectivity index (χ2n) is 5.53. The van der Waals surface area contributed by atoms with Crippen LogP contribution in [0, 0.1) is 0 Å². The van der Waals surface area contributed by atoms with E-state index in [0.29, 0.717) is 0 Å². The largest absolute Gasteiger partial charge is 0.323 e. The molecule has 110 valence electrons. The average molecular weight is 282 g/mol. The van der Waals surface area contributed by atoms with Gasteiger partial charge in [0.25, 0.3) is 0 Å². The molecule has 2 N–H and O–H groups in total. The lowest BCUT2D eigenvalue weighted by Gasteiger charge is -2.11. The summed E-state index contributed by atoms with van der Waals surface area (Å²) in [5, 5.41) is 2.18. The third-order valence-corrected chi connectivity index (χ3v) is 4.96. The van der Waals surface area contributed by atoms with Crippen molar-refractivity contribution in [1.29, 1.82) is 0 Å². The van der Waals surface area contributed by atoms with E-state index in [-0.39, 0.29) is 6.04 Å². The number of nitrogens with two attached hydrogens (primary N) is 1. The molecule has 1 atom stereocenters. The molecule has 1 aromatic heterocycles. The van der Waals surface area contributed by atoms with Gasteiger partial charge >= 0.3 is 0 Å². The van der Waals surface area contributed by atoms with E-state index in [1.807, 2.05) is 11.3 Å². The highest BCUT2D eigenvalue weighted by Gasteiger charge is 2.11. The van der Waals surface area contributed by atoms with Gasteiger partial charge in [-0.05, 0) is 29.9 Å². The lowest BCUT2D eigenvalue weighted by atomic mass is 10.0. The van der Waals surface area contributed by atoms with Crippen LogP contribution < -0.4 is 5.73 Å². The van der Waals surface area contributed by atoms with Crippen LogP contribution in [0.1, 0.15) is 88.1 Å². The minimum absolute atomic E-state index is 0.273. The number of thiophene rings is 1. The Morgan fingerprint density at radius 2 is 1.63 bits per heavy atom. The predicted octanol–water partition coefficient (Wildman–Crippen LogP) is 5.84. The summed E-state index contributed by atoms with van der Waals surface area (Å²) < 4.78 is 0. The van der Waals surface area contributed by atoms with Gasteiger partial charge in [-0.2, -0.15) is 0 Å². The Morgan fingerprint density at radius 1 is 1.00 bits per heavy atom. The van der Waals surface area contributed by atoms with E-state index in [1.165, 1.54) is 61.8 Å². The molecule has 1 unspecified atom stereocenters. The first-order chi connectivity index (χ1) is 9.29. The van der Waals surface area contributed by atoms with Crippen LogP contribution in [-0.4, -0.2) is 0 Å². The molecular formula is C17H31NS. The Hall–Kier alpha value is -0.340. The van der Waals surface area contributed by atoms with E-state index in [0.717, 1.165) is 12.8 Å². The molecule has 19 heavy (non-hydrogen) atoms. The summed E-state index contributed by atoms with van der Waals surface area (Å²) in [6.07, 6.45) is 13.3. The van der Waals surface area contributed by atoms with Crippen molar-refractivity contribution in [3.63, 3.8) is 0 Å². The Morgan fingerprint density at radius 3 is 2.26 bits per heavy atom. The molecule has 0 saturated heterocycles. The molecule has 0 aliphatic carbocycles. The van der Waals surface area contributed by atoms with Gasteiger partial charge in [0.15, 0.2) is 0 Å². The smallest absolute Gasteiger partial charge is 0.0392 e. The number of rotatable bonds is 11. The summed E-state index contributed by atoms with van der Waals surface area (Å²) in [5.41, 5.74) is 7.76. The van der Waals surface area contributed by atoms with Gasteiger partial charge in [-0.15, -0.1) is 11.3 Å². The molecule has 0 saturated carbocycles. The zero-order valence-corrected chi connectivity index (χ0v) is 13.6. The van der Waals surface area contributed by atoms with Gasteiger partial charge in [0, 0.05) is 10.9 Å². The summed E-state index contributed by atoms with van der Waals surface area (Å²) in [5.74, 6) is 0. The highest BCUT2D eigenvalue weighted by molar-refractivity contribution is 7.10. The first-order valence-corrected chi connectivity index (χ1v) is 8.99. The lowest BCUT2D eigenvalue weighted by molar-refractivity contribution is 0.538. The SMILES string of the molecule is CCCCCCCCCCC(N)c1sccc1CC. The zero-order chi connectivity index (χ0) is 13.9. The Bertz CT molecular complexity index is 319. The summed E-state index contributed by atoms with van der Waals surface area (Å²) >= 11 is 1.83. The topological polar surface area (TPSA) is 26.0 Å². The van der Waals surface area contributed by atoms with Gasteiger partial charge in [0.2, 0.25) is 0 Å². The average Bonchev–Trinajstić information content (AvgIpc) is 2.90. The number of hydrogen-bond acceptors (Lipinski definition) is 2. The van der Waals surface area contributed by atoms with Crippen LogP contribution in [0.15, 0.2) is 11.4 Å². The van der Waals surface area contributed by atoms with Crippen molar-refractivity contribution in [3.05, 3.63) is 21.9 Å². The van der Waals surface area contributed by atoms with Crippen molar-refractivity contribution in [1.82, 2.24) is 0 Å². The van der Waals surface area contributed by atoms with Gasteiger partial charge in [-0.1, -0.05) is 65.2 Å². The van der Waals surface area contributed by atoms with Gasteiger partial charge in [0.1, 0.15) is 0 Å². The molecule has 0 aliphatic rings. The fourth-order valence-corrected chi connectivity index (χ4v) is 3.63. The van der Waals surface area contributed by atoms with Crippen molar-refractivity contribution in [3.8, 4) is 0 Å². The normalized spacial score (nSPS) is 12.8. The highest BCUT2D eigenvalue weighted by atomic mass is 32.1. The lowest BCUT2D eigenvalue weighted by Crippen LogP contribution is -2.10. The highest BCUT2D eigenvalue weighted by Crippen LogP contribution is 2.27. The summed E-state index contributed by atoms with van der Waals surface area (Å²) in [6.45, 7) is 4.49. The molecule has 0 bridgehead atoms. The molecule has 0 aromatic carbocycles. The maximum Gasteiger partial charge on any atom is 0.0392 e. The van der Waals surface area contributed by atoms with Gasteiger partial charge in [0.05, 0.1) is 0 Å². The van der Waals surface area contributed by atoms with Crippen molar-refractivity contribution >= 4 is 11.3 Å². The van der Waals surface area contributed by atoms with Gasteiger partial charge < -0.3 is 5.73 Å². The number of hydrogen-bond donors (Lipinski definition) is 1. The fourth-order valence-electron chi connectivity index (χ4n) is 2.59. The third-order valence-electron chi connectivity index (χ3n) is 3.87. The van der Waals surface area contributed by atoms with Crippen LogP contribution in [0.25, 0.3) is 0 Å². The molecule has 0 spiro atoms. The molecule has 1 nitrogen and oxygen atoms in total. The molecule has 0 radical (unpaired) electrons. The molecule has 1 rings (SSSR count). The quantitative estimate of drug-likeness (QED) is 0.506. The van der Waals surface area contributed by atoms with Crippen molar-refractivity contribution in [2.75, 3.05) is 0 Å². The van der Waals surface area contributed by atoms with E-state index in [2.05, 4.69) is 25.3 Å². The first kappa shape index (κ1) is 16.7. The maximum atomic E-state index is 6.31. The predicted molar refractivity (Wildman–Crippen MR) is 87.9 cm³/mol. The van der Waals surface area contributed by atoms with E-state index in [9.17, 15) is 0 Å². The summed E-state index contributed by atoms with van der Waals surface area (Å²) in [4.78, 5) is 1.42. The first-order valence-electron chi connectivity index (χ1n) is 8.11. The minimum Gasteiger partial charge on any atom is -0.323 e. The maximum absolute atomic E-state index is 6.31. The summed E-state index contributed by atoms with van der Waals surface area (Å²) in [6, 6.07) is 2.50.